The van der Waals surface area contributed by atoms with Gasteiger partial charge in [-0.15, -0.1) is 0 Å². The number of carbonyl (C=O) groups excluding carboxylic acids is 2. The van der Waals surface area contributed by atoms with Crippen LogP contribution in [0.1, 0.15) is 36.1 Å². The maximum Gasteiger partial charge on any atom is 0.295 e. The van der Waals surface area contributed by atoms with E-state index >= 15 is 0 Å². The number of Topliss-reactive ketones (excluding diaryl/α,β-unsaturated/α-hetero) is 1. The number of nitrogens with zero attached hydrogens (tertiary/aromatic N) is 2. The van der Waals surface area contributed by atoms with Gasteiger partial charge in [-0.3, -0.25) is 9.59 Å². The molecule has 0 bridgehead atoms. The zero-order valence-electron chi connectivity index (χ0n) is 17.6. The normalized spacial score (nSPS) is 18.4. The van der Waals surface area contributed by atoms with Gasteiger partial charge in [0.1, 0.15) is 11.6 Å². The van der Waals surface area contributed by atoms with E-state index in [-0.39, 0.29) is 11.3 Å². The summed E-state index contributed by atoms with van der Waals surface area (Å²) in [5, 5.41) is 11.0. The summed E-state index contributed by atoms with van der Waals surface area (Å²) < 4.78 is 13.5. The molecule has 0 aromatic heterocycles. The topological polar surface area (TPSA) is 60.9 Å². The largest absolute Gasteiger partial charge is 0.507 e. The maximum absolute atomic E-state index is 13.5. The van der Waals surface area contributed by atoms with Crippen molar-refractivity contribution in [3.63, 3.8) is 0 Å². The average molecular weight is 410 g/mol. The molecular formula is C24H27FN2O3. The fourth-order valence-electron chi connectivity index (χ4n) is 3.71. The molecule has 0 aliphatic carbocycles. The Bertz CT molecular complexity index is 949. The van der Waals surface area contributed by atoms with E-state index in [1.54, 1.807) is 24.3 Å². The molecule has 1 aliphatic rings. The quantitative estimate of drug-likeness (QED) is 0.429. The van der Waals surface area contributed by atoms with Gasteiger partial charge >= 0.3 is 0 Å². The second-order valence-electron chi connectivity index (χ2n) is 7.75. The van der Waals surface area contributed by atoms with Crippen LogP contribution < -0.4 is 0 Å². The van der Waals surface area contributed by atoms with Crippen molar-refractivity contribution in [3.05, 3.63) is 76.6 Å². The molecule has 1 amide bonds. The Morgan fingerprint density at radius 2 is 1.70 bits per heavy atom. The number of hydrogen-bond donors (Lipinski definition) is 1. The third kappa shape index (κ3) is 4.44. The highest BCUT2D eigenvalue weighted by Gasteiger charge is 2.45. The summed E-state index contributed by atoms with van der Waals surface area (Å²) in [6.07, 6.45) is 1.52. The number of amides is 1. The number of aryl methyl sites for hydroxylation is 1. The van der Waals surface area contributed by atoms with Gasteiger partial charge in [-0.2, -0.15) is 0 Å². The first kappa shape index (κ1) is 21.7. The summed E-state index contributed by atoms with van der Waals surface area (Å²) in [5.74, 6) is -1.97. The second-order valence-corrected chi connectivity index (χ2v) is 7.75. The molecule has 1 unspecified atom stereocenters. The minimum Gasteiger partial charge on any atom is -0.507 e. The predicted molar refractivity (Wildman–Crippen MR) is 114 cm³/mol. The highest BCUT2D eigenvalue weighted by Crippen LogP contribution is 2.39. The van der Waals surface area contributed by atoms with Gasteiger partial charge in [0, 0.05) is 12.1 Å². The van der Waals surface area contributed by atoms with E-state index < -0.39 is 23.5 Å². The van der Waals surface area contributed by atoms with Crippen molar-refractivity contribution in [1.29, 1.82) is 0 Å². The van der Waals surface area contributed by atoms with E-state index in [2.05, 4.69) is 0 Å². The number of rotatable bonds is 7. The second kappa shape index (κ2) is 9.22. The Balaban J connectivity index is 2.06. The molecule has 0 radical (unpaired) electrons. The average Bonchev–Trinajstić information content (AvgIpc) is 2.98. The lowest BCUT2D eigenvalue weighted by atomic mass is 9.95. The minimum absolute atomic E-state index is 0.0423. The molecule has 6 heteroatoms. The van der Waals surface area contributed by atoms with Crippen molar-refractivity contribution < 1.29 is 19.1 Å². The monoisotopic (exact) mass is 410 g/mol. The fraction of sp³-hybridized carbons (Fsp3) is 0.333. The van der Waals surface area contributed by atoms with Crippen LogP contribution >= 0.6 is 0 Å². The van der Waals surface area contributed by atoms with Crippen molar-refractivity contribution in [2.24, 2.45) is 0 Å². The van der Waals surface area contributed by atoms with E-state index in [1.165, 1.54) is 17.0 Å². The number of hydrogen-bond acceptors (Lipinski definition) is 4. The van der Waals surface area contributed by atoms with Crippen molar-refractivity contribution in [1.82, 2.24) is 9.80 Å². The van der Waals surface area contributed by atoms with Gasteiger partial charge in [0.05, 0.1) is 11.6 Å². The summed E-state index contributed by atoms with van der Waals surface area (Å²) >= 11 is 0. The maximum atomic E-state index is 13.5. The highest BCUT2D eigenvalue weighted by molar-refractivity contribution is 6.46. The molecule has 1 heterocycles. The molecule has 1 saturated heterocycles. The Labute approximate surface area is 176 Å². The fourth-order valence-corrected chi connectivity index (χ4v) is 3.71. The van der Waals surface area contributed by atoms with Gasteiger partial charge in [-0.05, 0) is 56.7 Å². The van der Waals surface area contributed by atoms with Crippen LogP contribution in [0, 0.1) is 5.82 Å². The minimum atomic E-state index is -0.751. The number of aliphatic hydroxyl groups excluding tert-OH is 1. The molecule has 5 nitrogen and oxygen atoms in total. The van der Waals surface area contributed by atoms with Crippen molar-refractivity contribution in [2.45, 2.75) is 25.8 Å². The van der Waals surface area contributed by atoms with Crippen LogP contribution in [-0.2, 0) is 16.0 Å². The molecule has 1 atom stereocenters. The number of aliphatic hydroxyl groups is 1. The van der Waals surface area contributed by atoms with E-state index in [4.69, 9.17) is 0 Å². The van der Waals surface area contributed by atoms with Gasteiger partial charge in [-0.25, -0.2) is 4.39 Å². The van der Waals surface area contributed by atoms with Crippen molar-refractivity contribution >= 4 is 17.4 Å². The van der Waals surface area contributed by atoms with Gasteiger partial charge in [0.2, 0.25) is 0 Å². The molecule has 1 fully saturated rings. The van der Waals surface area contributed by atoms with Crippen LogP contribution in [0.2, 0.25) is 0 Å². The Morgan fingerprint density at radius 3 is 2.27 bits per heavy atom. The van der Waals surface area contributed by atoms with E-state index in [1.807, 2.05) is 38.1 Å². The van der Waals surface area contributed by atoms with Gasteiger partial charge in [0.15, 0.2) is 0 Å². The van der Waals surface area contributed by atoms with E-state index in [9.17, 15) is 19.1 Å². The highest BCUT2D eigenvalue weighted by atomic mass is 19.1. The van der Waals surface area contributed by atoms with Crippen LogP contribution in [0.4, 0.5) is 4.39 Å². The SMILES string of the molecule is CCc1ccc(/C(O)=C2/C(=O)C(=O)N(CCCN(C)C)C2c2ccc(F)cc2)cc1. The summed E-state index contributed by atoms with van der Waals surface area (Å²) in [6, 6.07) is 12.2. The number of halogens is 1. The lowest BCUT2D eigenvalue weighted by molar-refractivity contribution is -0.139. The molecule has 158 valence electrons. The lowest BCUT2D eigenvalue weighted by Gasteiger charge is -2.26. The molecule has 2 aromatic rings. The summed E-state index contributed by atoms with van der Waals surface area (Å²) in [7, 11) is 3.87. The van der Waals surface area contributed by atoms with Crippen molar-refractivity contribution in [2.75, 3.05) is 27.2 Å². The Hall–Kier alpha value is -2.99. The molecule has 3 rings (SSSR count). The number of benzene rings is 2. The lowest BCUT2D eigenvalue weighted by Crippen LogP contribution is -2.32. The Morgan fingerprint density at radius 1 is 1.07 bits per heavy atom. The number of carbonyl (C=O) groups is 2. The van der Waals surface area contributed by atoms with Crippen LogP contribution in [0.15, 0.2) is 54.1 Å². The summed E-state index contributed by atoms with van der Waals surface area (Å²) in [6.45, 7) is 3.14. The van der Waals surface area contributed by atoms with Crippen LogP contribution in [0.5, 0.6) is 0 Å². The first-order valence-electron chi connectivity index (χ1n) is 10.1. The molecule has 0 spiro atoms. The standard InChI is InChI=1S/C24H27FN2O3/c1-4-16-6-8-18(9-7-16)22(28)20-21(17-10-12-19(25)13-11-17)27(24(30)23(20)29)15-5-14-26(2)3/h6-13,21,28H,4-5,14-15H2,1-3H3/b22-20-. The molecule has 1 N–H and O–H groups in total. The zero-order chi connectivity index (χ0) is 21.8. The summed E-state index contributed by atoms with van der Waals surface area (Å²) in [4.78, 5) is 29.2. The molecule has 1 aliphatic heterocycles. The van der Waals surface area contributed by atoms with Gasteiger partial charge in [-0.1, -0.05) is 43.3 Å². The third-order valence-electron chi connectivity index (χ3n) is 5.37. The molecule has 2 aromatic carbocycles. The smallest absolute Gasteiger partial charge is 0.295 e. The third-order valence-corrected chi connectivity index (χ3v) is 5.37. The van der Waals surface area contributed by atoms with Crippen LogP contribution in [0.25, 0.3) is 5.76 Å². The van der Waals surface area contributed by atoms with Crippen LogP contribution in [0.3, 0.4) is 0 Å². The number of ketones is 1. The molecular weight excluding hydrogens is 383 g/mol. The van der Waals surface area contributed by atoms with Crippen LogP contribution in [-0.4, -0.2) is 53.8 Å². The first-order valence-corrected chi connectivity index (χ1v) is 10.1. The van der Waals surface area contributed by atoms with E-state index in [0.717, 1.165) is 18.5 Å². The molecule has 0 saturated carbocycles. The predicted octanol–water partition coefficient (Wildman–Crippen LogP) is 3.76. The number of likely N-dealkylation sites (tertiary alicyclic amines) is 1. The van der Waals surface area contributed by atoms with Gasteiger partial charge in [0.25, 0.3) is 11.7 Å². The van der Waals surface area contributed by atoms with Crippen molar-refractivity contribution in [3.8, 4) is 0 Å². The Kier molecular flexibility index (Phi) is 6.67. The first-order chi connectivity index (χ1) is 14.3. The molecule has 30 heavy (non-hydrogen) atoms. The van der Waals surface area contributed by atoms with Gasteiger partial charge < -0.3 is 14.9 Å². The summed E-state index contributed by atoms with van der Waals surface area (Å²) in [5.41, 5.74) is 2.21. The zero-order valence-corrected chi connectivity index (χ0v) is 17.6. The van der Waals surface area contributed by atoms with E-state index in [0.29, 0.717) is 24.1 Å².